The van der Waals surface area contributed by atoms with Gasteiger partial charge in [0, 0.05) is 44.5 Å². The Bertz CT molecular complexity index is 988. The molecule has 36 heavy (non-hydrogen) atoms. The Kier molecular flexibility index (Phi) is 9.98. The molecule has 0 N–H and O–H groups in total. The summed E-state index contributed by atoms with van der Waals surface area (Å²) in [6.07, 6.45) is 0.982. The van der Waals surface area contributed by atoms with Crippen molar-refractivity contribution in [2.75, 3.05) is 65.1 Å². The average molecular weight is 535 g/mol. The molecule has 200 valence electrons. The van der Waals surface area contributed by atoms with Crippen molar-refractivity contribution >= 4 is 25.6 Å². The summed E-state index contributed by atoms with van der Waals surface area (Å²) in [4.78, 5) is 4.92. The van der Waals surface area contributed by atoms with Crippen molar-refractivity contribution in [3.63, 3.8) is 0 Å². The van der Waals surface area contributed by atoms with Crippen LogP contribution in [-0.4, -0.2) is 73.4 Å². The first-order chi connectivity index (χ1) is 17.0. The largest absolute Gasteiger partial charge is 0.493 e. The first-order valence-electron chi connectivity index (χ1n) is 12.8. The minimum absolute atomic E-state index is 0.189. The van der Waals surface area contributed by atoms with Crippen LogP contribution in [0.2, 0.25) is 23.2 Å². The van der Waals surface area contributed by atoms with Gasteiger partial charge in [0.1, 0.15) is 12.4 Å². The minimum atomic E-state index is -1.78. The number of hydrogen-bond acceptors (Lipinski definition) is 6. The molecule has 0 aromatic heterocycles. The number of ether oxygens (including phenoxy) is 3. The van der Waals surface area contributed by atoms with Crippen LogP contribution in [0.3, 0.4) is 0 Å². The maximum Gasteiger partial charge on any atom is 0.192 e. The summed E-state index contributed by atoms with van der Waals surface area (Å²) >= 11 is 6.44. The van der Waals surface area contributed by atoms with Crippen LogP contribution in [-0.2, 0) is 10.8 Å². The molecule has 3 rings (SSSR count). The van der Waals surface area contributed by atoms with Gasteiger partial charge in [-0.05, 0) is 54.4 Å². The fourth-order valence-corrected chi connectivity index (χ4v) is 5.22. The Hall–Kier alpha value is -1.93. The number of methoxy groups -OCH3 is 2. The van der Waals surface area contributed by atoms with E-state index < -0.39 is 8.32 Å². The third kappa shape index (κ3) is 7.54. The molecule has 8 heteroatoms. The standard InChI is InChI=1S/C28H43ClN2O4Si/c1-28(2,3)36(6,7)35-19-18-34-26-21-23(9-10-24(26)29)31-16-14-30(15-17-31)13-12-22-8-11-25(32-4)27(20-22)33-5/h8-11,20-21H,12-19H2,1-7H3. The van der Waals surface area contributed by atoms with Gasteiger partial charge in [0.25, 0.3) is 0 Å². The third-order valence-electron chi connectivity index (χ3n) is 7.43. The number of anilines is 1. The van der Waals surface area contributed by atoms with E-state index in [1.165, 1.54) is 5.56 Å². The molecule has 0 radical (unpaired) electrons. The summed E-state index contributed by atoms with van der Waals surface area (Å²) in [5, 5.41) is 0.827. The maximum absolute atomic E-state index is 6.44. The molecule has 1 aliphatic heterocycles. The van der Waals surface area contributed by atoms with E-state index in [1.54, 1.807) is 14.2 Å². The van der Waals surface area contributed by atoms with Gasteiger partial charge in [-0.15, -0.1) is 0 Å². The summed E-state index contributed by atoms with van der Waals surface area (Å²) < 4.78 is 23.0. The van der Waals surface area contributed by atoms with Crippen molar-refractivity contribution in [2.24, 2.45) is 0 Å². The molecule has 0 spiro atoms. The molecule has 6 nitrogen and oxygen atoms in total. The molecule has 0 saturated carbocycles. The fourth-order valence-electron chi connectivity index (χ4n) is 4.02. The first-order valence-corrected chi connectivity index (χ1v) is 16.1. The smallest absolute Gasteiger partial charge is 0.192 e. The van der Waals surface area contributed by atoms with Crippen LogP contribution in [0.25, 0.3) is 0 Å². The Labute approximate surface area is 223 Å². The maximum atomic E-state index is 6.44. The van der Waals surface area contributed by atoms with E-state index in [2.05, 4.69) is 67.9 Å². The topological polar surface area (TPSA) is 43.4 Å². The molecule has 1 fully saturated rings. The summed E-state index contributed by atoms with van der Waals surface area (Å²) in [5.74, 6) is 2.28. The Morgan fingerprint density at radius 2 is 1.56 bits per heavy atom. The van der Waals surface area contributed by atoms with Gasteiger partial charge >= 0.3 is 0 Å². The molecular formula is C28H43ClN2O4Si. The van der Waals surface area contributed by atoms with E-state index in [0.29, 0.717) is 18.2 Å². The highest BCUT2D eigenvalue weighted by atomic mass is 35.5. The molecule has 1 aliphatic rings. The normalized spacial score (nSPS) is 15.2. The summed E-state index contributed by atoms with van der Waals surface area (Å²) in [5.41, 5.74) is 2.41. The molecular weight excluding hydrogens is 492 g/mol. The van der Waals surface area contributed by atoms with Crippen molar-refractivity contribution in [3.05, 3.63) is 47.0 Å². The van der Waals surface area contributed by atoms with Gasteiger partial charge in [-0.2, -0.15) is 0 Å². The Balaban J connectivity index is 1.48. The lowest BCUT2D eigenvalue weighted by Gasteiger charge is -2.36. The number of hydrogen-bond donors (Lipinski definition) is 0. The number of rotatable bonds is 11. The van der Waals surface area contributed by atoms with Crippen LogP contribution in [0.15, 0.2) is 36.4 Å². The fraction of sp³-hybridized carbons (Fsp3) is 0.571. The average Bonchev–Trinajstić information content (AvgIpc) is 2.85. The van der Waals surface area contributed by atoms with E-state index >= 15 is 0 Å². The molecule has 0 unspecified atom stereocenters. The second-order valence-electron chi connectivity index (χ2n) is 10.8. The molecule has 0 aliphatic carbocycles. The van der Waals surface area contributed by atoms with Gasteiger partial charge in [-0.3, -0.25) is 4.90 Å². The van der Waals surface area contributed by atoms with Gasteiger partial charge in [0.15, 0.2) is 19.8 Å². The zero-order chi connectivity index (χ0) is 26.3. The Morgan fingerprint density at radius 3 is 2.19 bits per heavy atom. The molecule has 2 aromatic carbocycles. The third-order valence-corrected chi connectivity index (χ3v) is 12.3. The quantitative estimate of drug-likeness (QED) is 0.255. The highest BCUT2D eigenvalue weighted by Gasteiger charge is 2.36. The van der Waals surface area contributed by atoms with E-state index in [-0.39, 0.29) is 5.04 Å². The lowest BCUT2D eigenvalue weighted by molar-refractivity contribution is 0.203. The molecule has 0 bridgehead atoms. The van der Waals surface area contributed by atoms with Crippen LogP contribution in [0.5, 0.6) is 17.2 Å². The van der Waals surface area contributed by atoms with Crippen molar-refractivity contribution < 1.29 is 18.6 Å². The van der Waals surface area contributed by atoms with Crippen molar-refractivity contribution in [3.8, 4) is 17.2 Å². The van der Waals surface area contributed by atoms with Crippen LogP contribution < -0.4 is 19.1 Å². The second kappa shape index (κ2) is 12.5. The van der Waals surface area contributed by atoms with Gasteiger partial charge < -0.3 is 23.5 Å². The highest BCUT2D eigenvalue weighted by molar-refractivity contribution is 6.74. The van der Waals surface area contributed by atoms with Crippen molar-refractivity contribution in [1.29, 1.82) is 0 Å². The summed E-state index contributed by atoms with van der Waals surface area (Å²) in [6, 6.07) is 12.2. The first kappa shape index (κ1) is 28.6. The van der Waals surface area contributed by atoms with Crippen LogP contribution in [0.1, 0.15) is 26.3 Å². The Morgan fingerprint density at radius 1 is 0.861 bits per heavy atom. The predicted molar refractivity (Wildman–Crippen MR) is 152 cm³/mol. The van der Waals surface area contributed by atoms with E-state index in [9.17, 15) is 0 Å². The zero-order valence-electron chi connectivity index (χ0n) is 23.0. The monoisotopic (exact) mass is 534 g/mol. The molecule has 2 aromatic rings. The summed E-state index contributed by atoms with van der Waals surface area (Å²) in [6.45, 7) is 17.3. The SMILES string of the molecule is COc1ccc(CCN2CCN(c3ccc(Cl)c(OCCO[Si](C)(C)C(C)(C)C)c3)CC2)cc1OC. The predicted octanol–water partition coefficient (Wildman–Crippen LogP) is 6.12. The highest BCUT2D eigenvalue weighted by Crippen LogP contribution is 2.36. The van der Waals surface area contributed by atoms with Gasteiger partial charge in [0.2, 0.25) is 0 Å². The second-order valence-corrected chi connectivity index (χ2v) is 16.1. The van der Waals surface area contributed by atoms with Gasteiger partial charge in [-0.25, -0.2) is 0 Å². The molecule has 1 heterocycles. The zero-order valence-corrected chi connectivity index (χ0v) is 24.8. The number of benzene rings is 2. The van der Waals surface area contributed by atoms with E-state index in [4.69, 9.17) is 30.2 Å². The van der Waals surface area contributed by atoms with E-state index in [0.717, 1.165) is 62.1 Å². The van der Waals surface area contributed by atoms with Gasteiger partial charge in [-0.1, -0.05) is 38.4 Å². The molecule has 1 saturated heterocycles. The van der Waals surface area contributed by atoms with Crippen molar-refractivity contribution in [1.82, 2.24) is 4.90 Å². The van der Waals surface area contributed by atoms with Crippen LogP contribution in [0, 0.1) is 0 Å². The summed E-state index contributed by atoms with van der Waals surface area (Å²) in [7, 11) is 1.57. The lowest BCUT2D eigenvalue weighted by Crippen LogP contribution is -2.47. The van der Waals surface area contributed by atoms with E-state index in [1.807, 2.05) is 12.1 Å². The number of halogens is 1. The van der Waals surface area contributed by atoms with Crippen LogP contribution in [0.4, 0.5) is 5.69 Å². The minimum Gasteiger partial charge on any atom is -0.493 e. The molecule has 0 atom stereocenters. The van der Waals surface area contributed by atoms with Crippen molar-refractivity contribution in [2.45, 2.75) is 45.3 Å². The number of nitrogens with zero attached hydrogens (tertiary/aromatic N) is 2. The lowest BCUT2D eigenvalue weighted by atomic mass is 10.1. The number of piperazine rings is 1. The van der Waals surface area contributed by atoms with Gasteiger partial charge in [0.05, 0.1) is 25.8 Å². The molecule has 0 amide bonds. The van der Waals surface area contributed by atoms with Crippen LogP contribution >= 0.6 is 11.6 Å².